The summed E-state index contributed by atoms with van der Waals surface area (Å²) in [7, 11) is 0. The number of amides is 1. The Kier molecular flexibility index (Phi) is 8.25. The predicted molar refractivity (Wildman–Crippen MR) is 144 cm³/mol. The first kappa shape index (κ1) is 27.2. The van der Waals surface area contributed by atoms with E-state index < -0.39 is 11.7 Å². The fourth-order valence-corrected chi connectivity index (χ4v) is 5.43. The predicted octanol–water partition coefficient (Wildman–Crippen LogP) is 7.25. The van der Waals surface area contributed by atoms with E-state index in [4.69, 9.17) is 16.1 Å². The monoisotopic (exact) mass is 572 g/mol. The Morgan fingerprint density at radius 1 is 0.974 bits per heavy atom. The molecular weight excluding hydrogens is 549 g/mol. The van der Waals surface area contributed by atoms with E-state index in [1.54, 1.807) is 0 Å². The van der Waals surface area contributed by atoms with Crippen molar-refractivity contribution in [2.45, 2.75) is 42.9 Å². The van der Waals surface area contributed by atoms with Crippen LogP contribution in [0.4, 0.5) is 13.2 Å². The quantitative estimate of drug-likeness (QED) is 0.235. The second-order valence-electron chi connectivity index (χ2n) is 9.12. The lowest BCUT2D eigenvalue weighted by atomic mass is 10.1. The van der Waals surface area contributed by atoms with Gasteiger partial charge in [0.05, 0.1) is 11.6 Å². The van der Waals surface area contributed by atoms with Crippen LogP contribution in [0.2, 0.25) is 5.02 Å². The lowest BCUT2D eigenvalue weighted by Gasteiger charge is -2.28. The molecule has 1 aromatic heterocycles. The summed E-state index contributed by atoms with van der Waals surface area (Å²) in [5.41, 5.74) is 1.34. The van der Waals surface area contributed by atoms with Crippen LogP contribution in [-0.4, -0.2) is 32.9 Å². The molecule has 39 heavy (non-hydrogen) atoms. The SMILES string of the molecule is O=C1NCCCCC1N(Cc1ccc(-c2nc(-c3ccc(C(F)(F)F)cc3)no2)cc1)Sc1ccc(Cl)cc1. The molecule has 1 amide bonds. The summed E-state index contributed by atoms with van der Waals surface area (Å²) in [5, 5.41) is 7.59. The van der Waals surface area contributed by atoms with Crippen LogP contribution in [0.1, 0.15) is 30.4 Å². The molecule has 5 rings (SSSR count). The maximum atomic E-state index is 12.8. The molecule has 1 atom stereocenters. The van der Waals surface area contributed by atoms with Crippen molar-refractivity contribution in [2.75, 3.05) is 6.54 Å². The molecule has 0 radical (unpaired) electrons. The van der Waals surface area contributed by atoms with Crippen molar-refractivity contribution in [1.29, 1.82) is 0 Å². The third-order valence-electron chi connectivity index (χ3n) is 6.33. The van der Waals surface area contributed by atoms with Crippen LogP contribution >= 0.6 is 23.5 Å². The van der Waals surface area contributed by atoms with Crippen molar-refractivity contribution in [2.24, 2.45) is 0 Å². The van der Waals surface area contributed by atoms with Crippen molar-refractivity contribution in [3.05, 3.63) is 88.9 Å². The number of carbonyl (C=O) groups excluding carboxylic acids is 1. The third-order valence-corrected chi connectivity index (χ3v) is 7.68. The molecule has 0 aliphatic carbocycles. The number of carbonyl (C=O) groups is 1. The number of nitrogens with zero attached hydrogens (tertiary/aromatic N) is 3. The summed E-state index contributed by atoms with van der Waals surface area (Å²) >= 11 is 7.57. The van der Waals surface area contributed by atoms with Crippen LogP contribution in [0.25, 0.3) is 22.8 Å². The second kappa shape index (κ2) is 11.8. The van der Waals surface area contributed by atoms with E-state index in [9.17, 15) is 18.0 Å². The molecule has 3 aromatic carbocycles. The van der Waals surface area contributed by atoms with Crippen molar-refractivity contribution in [1.82, 2.24) is 19.8 Å². The molecule has 0 bridgehead atoms. The Morgan fingerprint density at radius 2 is 1.67 bits per heavy atom. The third kappa shape index (κ3) is 6.81. The standard InChI is InChI=1S/C28H24ClF3N4O2S/c29-22-12-14-23(15-13-22)39-36(24-3-1-2-16-33-26(24)37)17-18-4-6-20(7-5-18)27-34-25(35-38-27)19-8-10-21(11-9-19)28(30,31)32/h4-15,24H,1-3,16-17H2,(H,33,37). The topological polar surface area (TPSA) is 71.3 Å². The molecule has 4 aromatic rings. The van der Waals surface area contributed by atoms with E-state index in [-0.39, 0.29) is 23.7 Å². The molecule has 0 saturated carbocycles. The summed E-state index contributed by atoms with van der Waals surface area (Å²) < 4.78 is 46.0. The summed E-state index contributed by atoms with van der Waals surface area (Å²) in [6.45, 7) is 1.20. The van der Waals surface area contributed by atoms with Gasteiger partial charge < -0.3 is 9.84 Å². The molecule has 1 saturated heterocycles. The maximum absolute atomic E-state index is 12.8. The van der Waals surface area contributed by atoms with Crippen molar-refractivity contribution < 1.29 is 22.5 Å². The number of hydrogen-bond donors (Lipinski definition) is 1. The highest BCUT2D eigenvalue weighted by atomic mass is 35.5. The van der Waals surface area contributed by atoms with E-state index >= 15 is 0 Å². The lowest BCUT2D eigenvalue weighted by molar-refractivity contribution is -0.137. The lowest BCUT2D eigenvalue weighted by Crippen LogP contribution is -2.42. The van der Waals surface area contributed by atoms with Gasteiger partial charge in [-0.05, 0) is 85.3 Å². The zero-order valence-electron chi connectivity index (χ0n) is 20.6. The molecule has 202 valence electrons. The van der Waals surface area contributed by atoms with Gasteiger partial charge in [-0.3, -0.25) is 4.79 Å². The average Bonchev–Trinajstić information content (AvgIpc) is 3.32. The van der Waals surface area contributed by atoms with Crippen molar-refractivity contribution in [3.63, 3.8) is 0 Å². The van der Waals surface area contributed by atoms with Crippen molar-refractivity contribution >= 4 is 29.5 Å². The fraction of sp³-hybridized carbons (Fsp3) is 0.250. The average molecular weight is 573 g/mol. The Bertz CT molecular complexity index is 1410. The number of alkyl halides is 3. The number of halogens is 4. The Hall–Kier alpha value is -3.34. The van der Waals surface area contributed by atoms with Crippen LogP contribution in [0, 0.1) is 0 Å². The minimum atomic E-state index is -4.41. The summed E-state index contributed by atoms with van der Waals surface area (Å²) in [5.74, 6) is 0.479. The van der Waals surface area contributed by atoms with Gasteiger partial charge in [0.2, 0.25) is 11.7 Å². The summed E-state index contributed by atoms with van der Waals surface area (Å²) in [6.07, 6.45) is -1.74. The van der Waals surface area contributed by atoms with Gasteiger partial charge in [-0.1, -0.05) is 41.0 Å². The Labute approximate surface area is 232 Å². The highest BCUT2D eigenvalue weighted by Gasteiger charge is 2.30. The van der Waals surface area contributed by atoms with Crippen LogP contribution in [0.5, 0.6) is 0 Å². The molecule has 1 unspecified atom stereocenters. The van der Waals surface area contributed by atoms with Gasteiger partial charge in [0, 0.05) is 34.1 Å². The Morgan fingerprint density at radius 3 is 2.36 bits per heavy atom. The van der Waals surface area contributed by atoms with E-state index in [0.29, 0.717) is 29.2 Å². The van der Waals surface area contributed by atoms with Crippen LogP contribution in [0.3, 0.4) is 0 Å². The van der Waals surface area contributed by atoms with E-state index in [2.05, 4.69) is 19.8 Å². The number of hydrogen-bond acceptors (Lipinski definition) is 6. The van der Waals surface area contributed by atoms with Gasteiger partial charge in [-0.25, -0.2) is 4.31 Å². The molecular formula is C28H24ClF3N4O2S. The van der Waals surface area contributed by atoms with Crippen LogP contribution in [-0.2, 0) is 17.5 Å². The second-order valence-corrected chi connectivity index (χ2v) is 10.7. The highest BCUT2D eigenvalue weighted by molar-refractivity contribution is 7.97. The molecule has 1 aliphatic heterocycles. The van der Waals surface area contributed by atoms with E-state index in [1.807, 2.05) is 48.5 Å². The Balaban J connectivity index is 1.32. The zero-order chi connectivity index (χ0) is 27.4. The van der Waals surface area contributed by atoms with Gasteiger partial charge in [0.1, 0.15) is 0 Å². The fourth-order valence-electron chi connectivity index (χ4n) is 4.23. The molecule has 2 heterocycles. The van der Waals surface area contributed by atoms with Crippen LogP contribution < -0.4 is 5.32 Å². The van der Waals surface area contributed by atoms with E-state index in [1.165, 1.54) is 24.1 Å². The molecule has 11 heteroatoms. The summed E-state index contributed by atoms with van der Waals surface area (Å²) in [6, 6.07) is 19.4. The first-order valence-electron chi connectivity index (χ1n) is 12.3. The first-order chi connectivity index (χ1) is 18.8. The number of rotatable bonds is 7. The van der Waals surface area contributed by atoms with Gasteiger partial charge >= 0.3 is 6.18 Å². The zero-order valence-corrected chi connectivity index (χ0v) is 22.2. The molecule has 1 N–H and O–H groups in total. The molecule has 6 nitrogen and oxygen atoms in total. The largest absolute Gasteiger partial charge is 0.416 e. The number of aromatic nitrogens is 2. The smallest absolute Gasteiger partial charge is 0.355 e. The molecule has 1 fully saturated rings. The van der Waals surface area contributed by atoms with Gasteiger partial charge in [0.15, 0.2) is 0 Å². The van der Waals surface area contributed by atoms with Gasteiger partial charge in [0.25, 0.3) is 5.89 Å². The van der Waals surface area contributed by atoms with Crippen molar-refractivity contribution in [3.8, 4) is 22.8 Å². The first-order valence-corrected chi connectivity index (χ1v) is 13.5. The number of benzene rings is 3. The van der Waals surface area contributed by atoms with Gasteiger partial charge in [-0.2, -0.15) is 18.2 Å². The normalized spacial score (nSPS) is 16.2. The summed E-state index contributed by atoms with van der Waals surface area (Å²) in [4.78, 5) is 18.2. The highest BCUT2D eigenvalue weighted by Crippen LogP contribution is 2.32. The maximum Gasteiger partial charge on any atom is 0.416 e. The molecule has 1 aliphatic rings. The van der Waals surface area contributed by atoms with Gasteiger partial charge in [-0.15, -0.1) is 0 Å². The van der Waals surface area contributed by atoms with E-state index in [0.717, 1.165) is 41.9 Å². The number of nitrogens with one attached hydrogen (secondary N) is 1. The van der Waals surface area contributed by atoms with Crippen LogP contribution in [0.15, 0.2) is 82.2 Å². The minimum absolute atomic E-state index is 0.0206. The minimum Gasteiger partial charge on any atom is -0.355 e. The molecule has 0 spiro atoms.